The van der Waals surface area contributed by atoms with Gasteiger partial charge in [0.15, 0.2) is 17.2 Å². The van der Waals surface area contributed by atoms with E-state index in [1.807, 2.05) is 11.8 Å². The third-order valence-corrected chi connectivity index (χ3v) is 5.15. The molecule has 0 aromatic carbocycles. The molecule has 8 nitrogen and oxygen atoms in total. The topological polar surface area (TPSA) is 84.6 Å². The standard InChI is InChI=1S/C17H23N5O3/c1-3-13-20-14-15(18-10-19-16(14)25-13)21-8-11-4-5-12(9-21)22(17(11)23)6-7-24-2/h10-12H,3-9H2,1-2H3/t11-,12+/m0/s1. The van der Waals surface area contributed by atoms with Gasteiger partial charge in [0.25, 0.3) is 5.71 Å². The number of hydrogen-bond donors (Lipinski definition) is 0. The zero-order chi connectivity index (χ0) is 17.4. The average Bonchev–Trinajstić information content (AvgIpc) is 2.87. The first-order chi connectivity index (χ1) is 12.2. The number of aromatic nitrogens is 3. The first kappa shape index (κ1) is 16.3. The van der Waals surface area contributed by atoms with Gasteiger partial charge in [-0.15, -0.1) is 0 Å². The van der Waals surface area contributed by atoms with Crippen LogP contribution in [0.25, 0.3) is 11.2 Å². The molecule has 2 bridgehead atoms. The van der Waals surface area contributed by atoms with Gasteiger partial charge in [-0.05, 0) is 12.8 Å². The van der Waals surface area contributed by atoms with Crippen LogP contribution in [-0.4, -0.2) is 65.2 Å². The molecule has 0 N–H and O–H groups in total. The van der Waals surface area contributed by atoms with Gasteiger partial charge >= 0.3 is 0 Å². The summed E-state index contributed by atoms with van der Waals surface area (Å²) in [5.74, 6) is 1.66. The monoisotopic (exact) mass is 345 g/mol. The van der Waals surface area contributed by atoms with Crippen LogP contribution in [-0.2, 0) is 16.0 Å². The molecule has 2 aromatic heterocycles. The average molecular weight is 345 g/mol. The lowest BCUT2D eigenvalue weighted by Gasteiger charge is -2.35. The number of fused-ring (bicyclic) bond motifs is 5. The van der Waals surface area contributed by atoms with Crippen molar-refractivity contribution in [1.82, 2.24) is 19.9 Å². The van der Waals surface area contributed by atoms with Crippen molar-refractivity contribution < 1.29 is 13.9 Å². The summed E-state index contributed by atoms with van der Waals surface area (Å²) in [5, 5.41) is 0. The molecule has 2 atom stereocenters. The van der Waals surface area contributed by atoms with E-state index in [0.717, 1.165) is 25.2 Å². The summed E-state index contributed by atoms with van der Waals surface area (Å²) in [6.07, 6.45) is 4.17. The molecule has 5 rings (SSSR count). The molecule has 5 heterocycles. The Morgan fingerprint density at radius 3 is 3.00 bits per heavy atom. The molecule has 2 aromatic rings. The van der Waals surface area contributed by atoms with Gasteiger partial charge in [0.2, 0.25) is 5.91 Å². The van der Waals surface area contributed by atoms with E-state index < -0.39 is 0 Å². The summed E-state index contributed by atoms with van der Waals surface area (Å²) >= 11 is 0. The van der Waals surface area contributed by atoms with Crippen molar-refractivity contribution in [2.75, 3.05) is 38.3 Å². The smallest absolute Gasteiger partial charge is 0.252 e. The van der Waals surface area contributed by atoms with Crippen LogP contribution in [0.2, 0.25) is 0 Å². The van der Waals surface area contributed by atoms with E-state index in [2.05, 4.69) is 19.9 Å². The predicted molar refractivity (Wildman–Crippen MR) is 91.3 cm³/mol. The fraction of sp³-hybridized carbons (Fsp3) is 0.647. The van der Waals surface area contributed by atoms with E-state index in [0.29, 0.717) is 43.2 Å². The molecule has 1 amide bonds. The van der Waals surface area contributed by atoms with Crippen LogP contribution in [0.15, 0.2) is 10.7 Å². The second-order valence-corrected chi connectivity index (χ2v) is 6.67. The van der Waals surface area contributed by atoms with Gasteiger partial charge in [-0.1, -0.05) is 6.92 Å². The fourth-order valence-corrected chi connectivity index (χ4v) is 3.87. The minimum Gasteiger partial charge on any atom is -0.422 e. The molecule has 0 saturated carbocycles. The van der Waals surface area contributed by atoms with Crippen molar-refractivity contribution in [2.24, 2.45) is 5.92 Å². The van der Waals surface area contributed by atoms with Crippen molar-refractivity contribution in [3.05, 3.63) is 12.2 Å². The van der Waals surface area contributed by atoms with Crippen LogP contribution in [0.4, 0.5) is 5.82 Å². The lowest BCUT2D eigenvalue weighted by atomic mass is 9.94. The molecule has 134 valence electrons. The quantitative estimate of drug-likeness (QED) is 0.806. The first-order valence-electron chi connectivity index (χ1n) is 8.86. The number of aryl methyl sites for hydroxylation is 1. The molecule has 0 spiro atoms. The van der Waals surface area contributed by atoms with Gasteiger partial charge in [-0.2, -0.15) is 4.98 Å². The van der Waals surface area contributed by atoms with Gasteiger partial charge in [0.05, 0.1) is 12.5 Å². The molecular weight excluding hydrogens is 322 g/mol. The third kappa shape index (κ3) is 2.84. The molecule has 8 heteroatoms. The lowest BCUT2D eigenvalue weighted by Crippen LogP contribution is -2.49. The molecule has 25 heavy (non-hydrogen) atoms. The van der Waals surface area contributed by atoms with Crippen molar-refractivity contribution in [1.29, 1.82) is 0 Å². The zero-order valence-corrected chi connectivity index (χ0v) is 14.6. The number of piperidine rings is 1. The number of carbonyl (C=O) groups is 1. The van der Waals surface area contributed by atoms with Crippen molar-refractivity contribution in [2.45, 2.75) is 32.2 Å². The van der Waals surface area contributed by atoms with Crippen LogP contribution < -0.4 is 4.90 Å². The predicted octanol–water partition coefficient (Wildman–Crippen LogP) is 1.25. The number of hydrogen-bond acceptors (Lipinski definition) is 7. The van der Waals surface area contributed by atoms with Gasteiger partial charge in [-0.25, -0.2) is 9.97 Å². The highest BCUT2D eigenvalue weighted by Crippen LogP contribution is 2.33. The summed E-state index contributed by atoms with van der Waals surface area (Å²) in [6.45, 7) is 4.63. The lowest BCUT2D eigenvalue weighted by molar-refractivity contribution is -0.140. The number of carbonyl (C=O) groups excluding carboxylic acids is 1. The van der Waals surface area contributed by atoms with E-state index in [1.165, 1.54) is 6.33 Å². The molecular formula is C17H23N5O3. The molecule has 3 aliphatic rings. The maximum Gasteiger partial charge on any atom is 0.252 e. The molecule has 3 fully saturated rings. The highest BCUT2D eigenvalue weighted by Gasteiger charge is 2.41. The SMILES string of the molecule is CCc1nc2c(N3C[C@@H]4CC[C@H](C3)N(CCOC)C4=O)ncnc2o1. The number of oxazole rings is 1. The summed E-state index contributed by atoms with van der Waals surface area (Å²) in [4.78, 5) is 30.1. The normalized spacial score (nSPS) is 23.5. The Balaban J connectivity index is 1.66. The van der Waals surface area contributed by atoms with Gasteiger partial charge in [0.1, 0.15) is 6.33 Å². The number of rotatable bonds is 5. The van der Waals surface area contributed by atoms with E-state index >= 15 is 0 Å². The Hall–Kier alpha value is -2.22. The Morgan fingerprint density at radius 2 is 2.20 bits per heavy atom. The van der Waals surface area contributed by atoms with Crippen molar-refractivity contribution in [3.8, 4) is 0 Å². The number of ether oxygens (including phenoxy) is 1. The fourth-order valence-electron chi connectivity index (χ4n) is 3.87. The largest absolute Gasteiger partial charge is 0.422 e. The van der Waals surface area contributed by atoms with Crippen LogP contribution in [0.3, 0.4) is 0 Å². The second-order valence-electron chi connectivity index (χ2n) is 6.67. The number of nitrogens with zero attached hydrogens (tertiary/aromatic N) is 5. The summed E-state index contributed by atoms with van der Waals surface area (Å²) in [6, 6.07) is 0.184. The van der Waals surface area contributed by atoms with Crippen LogP contribution in [0.1, 0.15) is 25.7 Å². The van der Waals surface area contributed by atoms with Gasteiger partial charge in [-0.3, -0.25) is 4.79 Å². The Bertz CT molecular complexity index is 777. The molecule has 0 radical (unpaired) electrons. The summed E-state index contributed by atoms with van der Waals surface area (Å²) < 4.78 is 10.8. The summed E-state index contributed by atoms with van der Waals surface area (Å²) in [7, 11) is 1.67. The molecule has 3 aliphatic heterocycles. The minimum atomic E-state index is -0.00170. The third-order valence-electron chi connectivity index (χ3n) is 5.15. The highest BCUT2D eigenvalue weighted by atomic mass is 16.5. The minimum absolute atomic E-state index is 0.00170. The van der Waals surface area contributed by atoms with Crippen LogP contribution in [0.5, 0.6) is 0 Å². The van der Waals surface area contributed by atoms with Crippen molar-refractivity contribution >= 4 is 23.0 Å². The van der Waals surface area contributed by atoms with Crippen molar-refractivity contribution in [3.63, 3.8) is 0 Å². The molecule has 0 unspecified atom stereocenters. The van der Waals surface area contributed by atoms with Crippen LogP contribution >= 0.6 is 0 Å². The number of methoxy groups -OCH3 is 1. The Kier molecular flexibility index (Phi) is 4.29. The van der Waals surface area contributed by atoms with E-state index in [9.17, 15) is 4.79 Å². The van der Waals surface area contributed by atoms with Gasteiger partial charge in [0, 0.05) is 39.2 Å². The van der Waals surface area contributed by atoms with E-state index in [1.54, 1.807) is 7.11 Å². The van der Waals surface area contributed by atoms with Gasteiger partial charge < -0.3 is 19.0 Å². The maximum atomic E-state index is 12.8. The van der Waals surface area contributed by atoms with Crippen LogP contribution in [0, 0.1) is 5.92 Å². The van der Waals surface area contributed by atoms with E-state index in [-0.39, 0.29) is 17.9 Å². The summed E-state index contributed by atoms with van der Waals surface area (Å²) in [5.41, 5.74) is 1.21. The maximum absolute atomic E-state index is 12.8. The number of amides is 1. The molecule has 3 saturated heterocycles. The first-order valence-corrected chi connectivity index (χ1v) is 8.86. The zero-order valence-electron chi connectivity index (χ0n) is 14.6. The molecule has 0 aliphatic carbocycles. The Morgan fingerprint density at radius 1 is 1.32 bits per heavy atom. The Labute approximate surface area is 146 Å². The number of anilines is 1. The highest BCUT2D eigenvalue weighted by molar-refractivity contribution is 5.84. The van der Waals surface area contributed by atoms with E-state index in [4.69, 9.17) is 9.15 Å². The second kappa shape index (κ2) is 6.59.